The third-order valence-electron chi connectivity index (χ3n) is 4.12. The number of methoxy groups -OCH3 is 1. The predicted molar refractivity (Wildman–Crippen MR) is 111 cm³/mol. The van der Waals surface area contributed by atoms with Crippen molar-refractivity contribution < 1.29 is 17.9 Å². The number of ether oxygens (including phenoxy) is 1. The highest BCUT2D eigenvalue weighted by atomic mass is 32.2. The predicted octanol–water partition coefficient (Wildman–Crippen LogP) is 2.01. The van der Waals surface area contributed by atoms with Crippen LogP contribution in [0.4, 0.5) is 11.4 Å². The van der Waals surface area contributed by atoms with Crippen molar-refractivity contribution in [1.82, 2.24) is 4.57 Å². The van der Waals surface area contributed by atoms with Crippen molar-refractivity contribution in [2.45, 2.75) is 0 Å². The molecule has 0 radical (unpaired) electrons. The number of hydrogen-bond donors (Lipinski definition) is 1. The molecule has 8 nitrogen and oxygen atoms in total. The van der Waals surface area contributed by atoms with Crippen LogP contribution in [0, 0.1) is 0 Å². The molecule has 1 aromatic heterocycles. The molecule has 2 aromatic carbocycles. The molecule has 3 rings (SSSR count). The summed E-state index contributed by atoms with van der Waals surface area (Å²) in [4.78, 5) is 24.1. The third-order valence-corrected chi connectivity index (χ3v) is 6.26. The average Bonchev–Trinajstić information content (AvgIpc) is 2.92. The van der Waals surface area contributed by atoms with Gasteiger partial charge in [-0.1, -0.05) is 11.3 Å². The number of aryl methyl sites for hydroxylation is 1. The van der Waals surface area contributed by atoms with E-state index in [1.165, 1.54) is 11.7 Å². The lowest BCUT2D eigenvalue weighted by Gasteiger charge is -2.22. The Balaban J connectivity index is 1.81. The fourth-order valence-electron chi connectivity index (χ4n) is 2.69. The number of rotatable bonds is 6. The molecule has 10 heteroatoms. The summed E-state index contributed by atoms with van der Waals surface area (Å²) in [5.41, 5.74) is 1.61. The summed E-state index contributed by atoms with van der Waals surface area (Å²) in [6, 6.07) is 11.5. The molecule has 0 saturated heterocycles. The summed E-state index contributed by atoms with van der Waals surface area (Å²) >= 11 is 1.08. The zero-order chi connectivity index (χ0) is 20.5. The zero-order valence-corrected chi connectivity index (χ0v) is 17.1. The van der Waals surface area contributed by atoms with Gasteiger partial charge in [-0.3, -0.25) is 13.9 Å². The van der Waals surface area contributed by atoms with Gasteiger partial charge in [0.05, 0.1) is 29.3 Å². The Morgan fingerprint density at radius 2 is 1.89 bits per heavy atom. The van der Waals surface area contributed by atoms with Crippen LogP contribution in [0.15, 0.2) is 47.3 Å². The van der Waals surface area contributed by atoms with Crippen LogP contribution in [0.25, 0.3) is 10.2 Å². The molecule has 0 aliphatic rings. The van der Waals surface area contributed by atoms with E-state index >= 15 is 0 Å². The number of sulfonamides is 1. The first-order chi connectivity index (χ1) is 13.2. The van der Waals surface area contributed by atoms with E-state index < -0.39 is 15.9 Å². The van der Waals surface area contributed by atoms with E-state index in [4.69, 9.17) is 4.74 Å². The quantitative estimate of drug-likeness (QED) is 0.657. The number of nitrogens with one attached hydrogen (secondary N) is 1. The first kappa shape index (κ1) is 19.9. The summed E-state index contributed by atoms with van der Waals surface area (Å²) in [7, 11) is -0.483. The first-order valence-electron chi connectivity index (χ1n) is 8.20. The lowest BCUT2D eigenvalue weighted by Crippen LogP contribution is -2.37. The zero-order valence-electron chi connectivity index (χ0n) is 15.5. The van der Waals surface area contributed by atoms with Crippen LogP contribution in [0.2, 0.25) is 0 Å². The molecule has 0 bridgehead atoms. The highest BCUT2D eigenvalue weighted by molar-refractivity contribution is 7.92. The van der Waals surface area contributed by atoms with Gasteiger partial charge in [-0.2, -0.15) is 0 Å². The van der Waals surface area contributed by atoms with Gasteiger partial charge >= 0.3 is 4.87 Å². The number of aromatic nitrogens is 1. The molecule has 0 aliphatic carbocycles. The molecule has 0 spiro atoms. The summed E-state index contributed by atoms with van der Waals surface area (Å²) in [6.45, 7) is -0.381. The highest BCUT2D eigenvalue weighted by Gasteiger charge is 2.21. The van der Waals surface area contributed by atoms with Gasteiger partial charge in [0, 0.05) is 12.7 Å². The Labute approximate surface area is 166 Å². The lowest BCUT2D eigenvalue weighted by atomic mass is 10.3. The van der Waals surface area contributed by atoms with E-state index in [0.29, 0.717) is 17.1 Å². The van der Waals surface area contributed by atoms with Gasteiger partial charge in [0.15, 0.2) is 0 Å². The maximum atomic E-state index is 12.5. The number of anilines is 2. The van der Waals surface area contributed by atoms with Crippen LogP contribution in [0.5, 0.6) is 5.75 Å². The van der Waals surface area contributed by atoms with Gasteiger partial charge in [-0.15, -0.1) is 0 Å². The number of carbonyl (C=O) groups is 1. The first-order valence-corrected chi connectivity index (χ1v) is 10.9. The van der Waals surface area contributed by atoms with E-state index in [0.717, 1.165) is 32.1 Å². The molecule has 1 amide bonds. The van der Waals surface area contributed by atoms with Crippen molar-refractivity contribution in [2.24, 2.45) is 7.05 Å². The van der Waals surface area contributed by atoms with Crippen LogP contribution in [0.1, 0.15) is 0 Å². The molecule has 0 unspecified atom stereocenters. The summed E-state index contributed by atoms with van der Waals surface area (Å²) in [5, 5.41) is 2.68. The minimum Gasteiger partial charge on any atom is -0.497 e. The minimum atomic E-state index is -3.67. The van der Waals surface area contributed by atoms with Gasteiger partial charge in [0.2, 0.25) is 15.9 Å². The van der Waals surface area contributed by atoms with Crippen molar-refractivity contribution in [3.05, 3.63) is 52.1 Å². The Morgan fingerprint density at radius 3 is 2.50 bits per heavy atom. The van der Waals surface area contributed by atoms with Crippen LogP contribution < -0.4 is 19.2 Å². The van der Waals surface area contributed by atoms with Gasteiger partial charge < -0.3 is 14.6 Å². The van der Waals surface area contributed by atoms with Crippen molar-refractivity contribution in [3.63, 3.8) is 0 Å². The van der Waals surface area contributed by atoms with Gasteiger partial charge in [0.1, 0.15) is 12.3 Å². The van der Waals surface area contributed by atoms with E-state index in [2.05, 4.69) is 5.32 Å². The smallest absolute Gasteiger partial charge is 0.307 e. The van der Waals surface area contributed by atoms with Crippen molar-refractivity contribution in [2.75, 3.05) is 29.5 Å². The number of carbonyl (C=O) groups excluding carboxylic acids is 1. The van der Waals surface area contributed by atoms with E-state index in [1.54, 1.807) is 49.5 Å². The van der Waals surface area contributed by atoms with Crippen molar-refractivity contribution in [3.8, 4) is 5.75 Å². The summed E-state index contributed by atoms with van der Waals surface area (Å²) < 4.78 is 32.7. The summed E-state index contributed by atoms with van der Waals surface area (Å²) in [5.74, 6) is 0.0840. The fraction of sp³-hybridized carbons (Fsp3) is 0.222. The number of benzene rings is 2. The Kier molecular flexibility index (Phi) is 5.43. The van der Waals surface area contributed by atoms with Crippen LogP contribution in [-0.4, -0.2) is 38.8 Å². The van der Waals surface area contributed by atoms with Gasteiger partial charge in [-0.25, -0.2) is 8.42 Å². The van der Waals surface area contributed by atoms with E-state index in [-0.39, 0.29) is 11.4 Å². The molecule has 0 atom stereocenters. The second-order valence-electron chi connectivity index (χ2n) is 6.13. The molecular formula is C18H19N3O5S2. The topological polar surface area (TPSA) is 97.7 Å². The average molecular weight is 422 g/mol. The Hall–Kier alpha value is -2.85. The Bertz CT molecular complexity index is 1180. The van der Waals surface area contributed by atoms with Crippen LogP contribution >= 0.6 is 11.3 Å². The van der Waals surface area contributed by atoms with E-state index in [9.17, 15) is 18.0 Å². The Morgan fingerprint density at radius 1 is 1.21 bits per heavy atom. The second kappa shape index (κ2) is 7.64. The van der Waals surface area contributed by atoms with Crippen molar-refractivity contribution in [1.29, 1.82) is 0 Å². The largest absolute Gasteiger partial charge is 0.497 e. The molecule has 148 valence electrons. The maximum Gasteiger partial charge on any atom is 0.307 e. The number of fused-ring (bicyclic) bond motifs is 1. The number of amides is 1. The standard InChI is InChI=1S/C18H19N3O5S2/c1-20-15-9-4-12(10-16(15)27-18(20)23)19-17(22)11-21(28(3,24)25)13-5-7-14(26-2)8-6-13/h4-10H,11H2,1-3H3,(H,19,22). The number of thiazole rings is 1. The fourth-order valence-corrected chi connectivity index (χ4v) is 4.47. The summed E-state index contributed by atoms with van der Waals surface area (Å²) in [6.07, 6.45) is 1.04. The van der Waals surface area contributed by atoms with Crippen molar-refractivity contribution >= 4 is 48.9 Å². The molecule has 1 N–H and O–H groups in total. The molecule has 0 saturated carbocycles. The molecule has 1 heterocycles. The molecule has 0 fully saturated rings. The molecular weight excluding hydrogens is 402 g/mol. The van der Waals surface area contributed by atoms with Gasteiger partial charge in [-0.05, 0) is 42.5 Å². The van der Waals surface area contributed by atoms with Gasteiger partial charge in [0.25, 0.3) is 0 Å². The lowest BCUT2D eigenvalue weighted by molar-refractivity contribution is -0.114. The highest BCUT2D eigenvalue weighted by Crippen LogP contribution is 2.23. The molecule has 0 aliphatic heterocycles. The van der Waals surface area contributed by atoms with Crippen LogP contribution in [0.3, 0.4) is 0 Å². The number of hydrogen-bond acceptors (Lipinski definition) is 6. The number of nitrogens with zero attached hydrogens (tertiary/aromatic N) is 2. The maximum absolute atomic E-state index is 12.5. The monoisotopic (exact) mass is 421 g/mol. The normalized spacial score (nSPS) is 11.4. The SMILES string of the molecule is COc1ccc(N(CC(=O)Nc2ccc3c(c2)sc(=O)n3C)S(C)(=O)=O)cc1. The molecule has 28 heavy (non-hydrogen) atoms. The minimum absolute atomic E-state index is 0.0961. The second-order valence-corrected chi connectivity index (χ2v) is 9.03. The van der Waals surface area contributed by atoms with Crippen LogP contribution in [-0.2, 0) is 21.9 Å². The third kappa shape index (κ3) is 4.18. The van der Waals surface area contributed by atoms with E-state index in [1.807, 2.05) is 0 Å². The molecule has 3 aromatic rings.